The Morgan fingerprint density at radius 3 is 2.72 bits per heavy atom. The highest BCUT2D eigenvalue weighted by atomic mass is 35.5. The molecule has 0 radical (unpaired) electrons. The van der Waals surface area contributed by atoms with Gasteiger partial charge in [-0.25, -0.2) is 4.98 Å². The van der Waals surface area contributed by atoms with Gasteiger partial charge in [0.2, 0.25) is 0 Å². The van der Waals surface area contributed by atoms with Gasteiger partial charge in [0.25, 0.3) is 0 Å². The topological polar surface area (TPSA) is 28.2 Å². The predicted octanol–water partition coefficient (Wildman–Crippen LogP) is 3.79. The maximum atomic E-state index is 6.21. The van der Waals surface area contributed by atoms with Gasteiger partial charge in [-0.15, -0.1) is 0 Å². The van der Waals surface area contributed by atoms with E-state index in [1.54, 1.807) is 0 Å². The Hall–Kier alpha value is -0.800. The Labute approximate surface area is 116 Å². The number of pyridine rings is 1. The van der Waals surface area contributed by atoms with Gasteiger partial charge in [-0.3, -0.25) is 4.90 Å². The maximum absolute atomic E-state index is 6.21. The molecule has 1 N–H and O–H groups in total. The molecule has 1 aromatic heterocycles. The number of nitrogens with zero attached hydrogens (tertiary/aromatic N) is 2. The van der Waals surface area contributed by atoms with Crippen molar-refractivity contribution in [2.45, 2.75) is 46.2 Å². The summed E-state index contributed by atoms with van der Waals surface area (Å²) < 4.78 is 0. The third-order valence-corrected chi connectivity index (χ3v) is 3.56. The van der Waals surface area contributed by atoms with Crippen LogP contribution in [0, 0.1) is 0 Å². The van der Waals surface area contributed by atoms with E-state index in [0.717, 1.165) is 42.5 Å². The average Bonchev–Trinajstić information content (AvgIpc) is 2.38. The van der Waals surface area contributed by atoms with E-state index in [1.807, 2.05) is 12.1 Å². The molecule has 0 aliphatic heterocycles. The van der Waals surface area contributed by atoms with E-state index in [4.69, 9.17) is 11.6 Å². The lowest BCUT2D eigenvalue weighted by atomic mass is 10.2. The van der Waals surface area contributed by atoms with Gasteiger partial charge >= 0.3 is 0 Å². The molecule has 4 heteroatoms. The number of nitrogens with one attached hydrogen (secondary N) is 1. The summed E-state index contributed by atoms with van der Waals surface area (Å²) >= 11 is 6.21. The van der Waals surface area contributed by atoms with Crippen LogP contribution < -0.4 is 5.32 Å². The minimum Gasteiger partial charge on any atom is -0.370 e. The van der Waals surface area contributed by atoms with Crippen molar-refractivity contribution >= 4 is 17.4 Å². The summed E-state index contributed by atoms with van der Waals surface area (Å²) in [6, 6.07) is 4.40. The number of rotatable bonds is 7. The van der Waals surface area contributed by atoms with Crippen LogP contribution >= 0.6 is 11.6 Å². The Morgan fingerprint density at radius 1 is 1.39 bits per heavy atom. The first-order valence-electron chi connectivity index (χ1n) is 6.68. The fraction of sp³-hybridized carbons (Fsp3) is 0.643. The second-order valence-electron chi connectivity index (χ2n) is 4.72. The van der Waals surface area contributed by atoms with Crippen molar-refractivity contribution in [3.8, 4) is 0 Å². The summed E-state index contributed by atoms with van der Waals surface area (Å²) in [4.78, 5) is 6.86. The standard InChI is InChI=1S/C14H24ClN3/c1-5-9-16-14-8-7-12(15)13(17-14)10-18(4)11(3)6-2/h7-8,11H,5-6,9-10H2,1-4H3,(H,16,17). The molecule has 0 amide bonds. The van der Waals surface area contributed by atoms with E-state index in [9.17, 15) is 0 Å². The van der Waals surface area contributed by atoms with E-state index in [-0.39, 0.29) is 0 Å². The molecule has 0 fully saturated rings. The predicted molar refractivity (Wildman–Crippen MR) is 79.2 cm³/mol. The molecule has 0 aromatic carbocycles. The number of hydrogen-bond acceptors (Lipinski definition) is 3. The molecule has 0 saturated heterocycles. The Bertz CT molecular complexity index is 368. The molecule has 1 aromatic rings. The third kappa shape index (κ3) is 4.46. The largest absolute Gasteiger partial charge is 0.370 e. The molecule has 102 valence electrons. The Morgan fingerprint density at radius 2 is 2.11 bits per heavy atom. The molecule has 18 heavy (non-hydrogen) atoms. The van der Waals surface area contributed by atoms with Crippen LogP contribution in [0.25, 0.3) is 0 Å². The quantitative estimate of drug-likeness (QED) is 0.816. The van der Waals surface area contributed by atoms with Crippen molar-refractivity contribution in [2.24, 2.45) is 0 Å². The SMILES string of the molecule is CCCNc1ccc(Cl)c(CN(C)C(C)CC)n1. The van der Waals surface area contributed by atoms with E-state index in [1.165, 1.54) is 0 Å². The molecule has 1 rings (SSSR count). The van der Waals surface area contributed by atoms with Crippen LogP contribution in [0.5, 0.6) is 0 Å². The normalized spacial score (nSPS) is 12.8. The zero-order valence-electron chi connectivity index (χ0n) is 11.8. The van der Waals surface area contributed by atoms with E-state index in [0.29, 0.717) is 6.04 Å². The molecular weight excluding hydrogens is 246 g/mol. The molecule has 0 spiro atoms. The third-order valence-electron chi connectivity index (χ3n) is 3.22. The molecular formula is C14H24ClN3. The van der Waals surface area contributed by atoms with Gasteiger partial charge in [-0.1, -0.05) is 25.4 Å². The fourth-order valence-corrected chi connectivity index (χ4v) is 1.82. The highest BCUT2D eigenvalue weighted by molar-refractivity contribution is 6.31. The van der Waals surface area contributed by atoms with Crippen molar-refractivity contribution < 1.29 is 0 Å². The first kappa shape index (κ1) is 15.3. The fourth-order valence-electron chi connectivity index (χ4n) is 1.65. The maximum Gasteiger partial charge on any atom is 0.126 e. The minimum absolute atomic E-state index is 0.537. The van der Waals surface area contributed by atoms with Crippen molar-refractivity contribution in [3.05, 3.63) is 22.8 Å². The molecule has 3 nitrogen and oxygen atoms in total. The second-order valence-corrected chi connectivity index (χ2v) is 5.13. The van der Waals surface area contributed by atoms with Crippen LogP contribution in [0.15, 0.2) is 12.1 Å². The van der Waals surface area contributed by atoms with Gasteiger partial charge in [0.15, 0.2) is 0 Å². The zero-order valence-corrected chi connectivity index (χ0v) is 12.6. The number of hydrogen-bond donors (Lipinski definition) is 1. The van der Waals surface area contributed by atoms with E-state index < -0.39 is 0 Å². The van der Waals surface area contributed by atoms with Gasteiger partial charge in [-0.2, -0.15) is 0 Å². The molecule has 0 bridgehead atoms. The summed E-state index contributed by atoms with van der Waals surface area (Å²) in [5, 5.41) is 4.03. The molecule has 0 aliphatic carbocycles. The lowest BCUT2D eigenvalue weighted by Crippen LogP contribution is -2.28. The summed E-state index contributed by atoms with van der Waals surface area (Å²) in [5.74, 6) is 0.911. The van der Waals surface area contributed by atoms with E-state index >= 15 is 0 Å². The molecule has 1 unspecified atom stereocenters. The average molecular weight is 270 g/mol. The van der Waals surface area contributed by atoms with Gasteiger partial charge in [-0.05, 0) is 38.9 Å². The van der Waals surface area contributed by atoms with Crippen molar-refractivity contribution in [1.82, 2.24) is 9.88 Å². The van der Waals surface area contributed by atoms with Crippen molar-refractivity contribution in [2.75, 3.05) is 18.9 Å². The lowest BCUT2D eigenvalue weighted by molar-refractivity contribution is 0.241. The summed E-state index contributed by atoms with van der Waals surface area (Å²) in [6.07, 6.45) is 2.22. The van der Waals surface area contributed by atoms with Crippen LogP contribution in [0.4, 0.5) is 5.82 Å². The molecule has 1 atom stereocenters. The van der Waals surface area contributed by atoms with Crippen LogP contribution in [0.1, 0.15) is 39.3 Å². The minimum atomic E-state index is 0.537. The van der Waals surface area contributed by atoms with Crippen LogP contribution in [-0.4, -0.2) is 29.5 Å². The Kier molecular flexibility index (Phi) is 6.44. The molecule has 0 saturated carbocycles. The van der Waals surface area contributed by atoms with Crippen molar-refractivity contribution in [1.29, 1.82) is 0 Å². The second kappa shape index (κ2) is 7.59. The Balaban J connectivity index is 2.74. The van der Waals surface area contributed by atoms with Crippen LogP contribution in [-0.2, 0) is 6.54 Å². The number of aromatic nitrogens is 1. The van der Waals surface area contributed by atoms with Gasteiger partial charge in [0.1, 0.15) is 5.82 Å². The first-order valence-corrected chi connectivity index (χ1v) is 7.05. The summed E-state index contributed by atoms with van der Waals surface area (Å²) in [5.41, 5.74) is 0.945. The lowest BCUT2D eigenvalue weighted by Gasteiger charge is -2.23. The molecule has 1 heterocycles. The van der Waals surface area contributed by atoms with Gasteiger partial charge in [0, 0.05) is 19.1 Å². The zero-order chi connectivity index (χ0) is 13.5. The summed E-state index contributed by atoms with van der Waals surface area (Å²) in [7, 11) is 2.11. The molecule has 0 aliphatic rings. The smallest absolute Gasteiger partial charge is 0.126 e. The van der Waals surface area contributed by atoms with Crippen LogP contribution in [0.3, 0.4) is 0 Å². The van der Waals surface area contributed by atoms with Gasteiger partial charge < -0.3 is 5.32 Å². The first-order chi connectivity index (χ1) is 8.58. The summed E-state index contributed by atoms with van der Waals surface area (Å²) in [6.45, 7) is 8.27. The highest BCUT2D eigenvalue weighted by Crippen LogP contribution is 2.19. The number of anilines is 1. The van der Waals surface area contributed by atoms with E-state index in [2.05, 4.69) is 43.0 Å². The monoisotopic (exact) mass is 269 g/mol. The van der Waals surface area contributed by atoms with Gasteiger partial charge in [0.05, 0.1) is 10.7 Å². The highest BCUT2D eigenvalue weighted by Gasteiger charge is 2.11. The van der Waals surface area contributed by atoms with Crippen LogP contribution in [0.2, 0.25) is 5.02 Å². The van der Waals surface area contributed by atoms with Crippen molar-refractivity contribution in [3.63, 3.8) is 0 Å². The number of halogens is 1.